The number of hydrogen-bond acceptors (Lipinski definition) is 8. The lowest BCUT2D eigenvalue weighted by Crippen LogP contribution is -2.31. The van der Waals surface area contributed by atoms with E-state index in [0.717, 1.165) is 34.3 Å². The van der Waals surface area contributed by atoms with E-state index in [9.17, 15) is 19.5 Å². The van der Waals surface area contributed by atoms with Crippen LogP contribution in [0.4, 0.5) is 10.8 Å². The van der Waals surface area contributed by atoms with Gasteiger partial charge in [-0.2, -0.15) is 0 Å². The molecule has 0 unspecified atom stereocenters. The predicted octanol–water partition coefficient (Wildman–Crippen LogP) is 1.07. The number of aliphatic carboxylic acids is 1. The van der Waals surface area contributed by atoms with Gasteiger partial charge in [-0.3, -0.25) is 9.59 Å². The molecule has 142 valence electrons. The lowest BCUT2D eigenvalue weighted by atomic mass is 10.1. The number of carbonyl (C=O) groups excluding carboxylic acids is 3. The molecule has 1 N–H and O–H groups in total. The fourth-order valence-corrected chi connectivity index (χ4v) is 4.47. The average molecular weight is 405 g/mol. The number of carbonyl (C=O) groups is 3. The summed E-state index contributed by atoms with van der Waals surface area (Å²) in [7, 11) is 0. The second-order valence-electron chi connectivity index (χ2n) is 6.19. The summed E-state index contributed by atoms with van der Waals surface area (Å²) in [5, 5.41) is 20.7. The predicted molar refractivity (Wildman–Crippen MR) is 101 cm³/mol. The quantitative estimate of drug-likeness (QED) is 0.564. The first-order valence-corrected chi connectivity index (χ1v) is 9.92. The number of carboxylic acid groups (broad SMARTS) is 1. The number of benzene rings is 1. The van der Waals surface area contributed by atoms with Crippen LogP contribution in [0.1, 0.15) is 18.9 Å². The summed E-state index contributed by atoms with van der Waals surface area (Å²) in [6, 6.07) is 7.57. The van der Waals surface area contributed by atoms with E-state index in [1.54, 1.807) is 4.90 Å². The third kappa shape index (κ3) is 4.64. The van der Waals surface area contributed by atoms with E-state index in [0.29, 0.717) is 10.9 Å². The van der Waals surface area contributed by atoms with E-state index in [-0.39, 0.29) is 23.4 Å². The second-order valence-corrected chi connectivity index (χ2v) is 8.75. The second kappa shape index (κ2) is 8.05. The molecule has 2 atom stereocenters. The molecule has 2 heterocycles. The Kier molecular flexibility index (Phi) is 5.76. The summed E-state index contributed by atoms with van der Waals surface area (Å²) in [5.74, 6) is -2.09. The molecule has 1 aromatic carbocycles. The minimum atomic E-state index is -1.19. The fraction of sp³-hybridized carbons (Fsp3) is 0.353. The van der Waals surface area contributed by atoms with Gasteiger partial charge in [0.15, 0.2) is 4.34 Å². The molecule has 1 aliphatic rings. The number of aromatic nitrogens is 2. The van der Waals surface area contributed by atoms with Crippen LogP contribution in [-0.2, 0) is 14.4 Å². The third-order valence-electron chi connectivity index (χ3n) is 4.06. The Balaban J connectivity index is 1.61. The van der Waals surface area contributed by atoms with Crippen molar-refractivity contribution in [1.29, 1.82) is 0 Å². The lowest BCUT2D eigenvalue weighted by Gasteiger charge is -2.17. The van der Waals surface area contributed by atoms with Gasteiger partial charge >= 0.3 is 0 Å². The zero-order valence-electron chi connectivity index (χ0n) is 14.7. The van der Waals surface area contributed by atoms with Gasteiger partial charge in [-0.25, -0.2) is 0 Å². The van der Waals surface area contributed by atoms with Gasteiger partial charge in [-0.1, -0.05) is 35.2 Å². The molecule has 2 amide bonds. The number of anilines is 2. The molecule has 0 bridgehead atoms. The van der Waals surface area contributed by atoms with Gasteiger partial charge < -0.3 is 20.1 Å². The van der Waals surface area contributed by atoms with Crippen LogP contribution >= 0.6 is 23.1 Å². The SMILES string of the molecule is Cc1cccc(N2C[C@H](C(=O)Nc3nnc(S[C@H](C)C(=O)[O-])s3)CC2=O)c1. The van der Waals surface area contributed by atoms with Crippen LogP contribution in [0.2, 0.25) is 0 Å². The van der Waals surface area contributed by atoms with Crippen molar-refractivity contribution in [3.63, 3.8) is 0 Å². The number of nitrogens with zero attached hydrogens (tertiary/aromatic N) is 3. The monoisotopic (exact) mass is 405 g/mol. The van der Waals surface area contributed by atoms with Gasteiger partial charge in [0.05, 0.1) is 11.9 Å². The smallest absolute Gasteiger partial charge is 0.231 e. The first kappa shape index (κ1) is 19.3. The number of thioether (sulfide) groups is 1. The Morgan fingerprint density at radius 1 is 1.41 bits per heavy atom. The number of hydrogen-bond donors (Lipinski definition) is 1. The van der Waals surface area contributed by atoms with Crippen LogP contribution in [0.15, 0.2) is 28.6 Å². The van der Waals surface area contributed by atoms with Gasteiger partial charge in [0.25, 0.3) is 0 Å². The van der Waals surface area contributed by atoms with Crippen molar-refractivity contribution >= 4 is 51.7 Å². The van der Waals surface area contributed by atoms with Crippen LogP contribution in [0.25, 0.3) is 0 Å². The van der Waals surface area contributed by atoms with Crippen LogP contribution in [0.5, 0.6) is 0 Å². The molecule has 2 aromatic rings. The molecule has 0 radical (unpaired) electrons. The van der Waals surface area contributed by atoms with Crippen molar-refractivity contribution in [2.75, 3.05) is 16.8 Å². The highest BCUT2D eigenvalue weighted by Crippen LogP contribution is 2.30. The van der Waals surface area contributed by atoms with Crippen LogP contribution in [0.3, 0.4) is 0 Å². The summed E-state index contributed by atoms with van der Waals surface area (Å²) in [6.07, 6.45) is 0.127. The Bertz CT molecular complexity index is 885. The maximum atomic E-state index is 12.5. The van der Waals surface area contributed by atoms with Gasteiger partial charge in [0.2, 0.25) is 16.9 Å². The van der Waals surface area contributed by atoms with E-state index in [4.69, 9.17) is 0 Å². The molecule has 3 rings (SSSR count). The van der Waals surface area contributed by atoms with E-state index >= 15 is 0 Å². The highest BCUT2D eigenvalue weighted by atomic mass is 32.2. The molecule has 1 aliphatic heterocycles. The molecule has 0 saturated carbocycles. The van der Waals surface area contributed by atoms with Gasteiger partial charge in [-0.05, 0) is 31.5 Å². The van der Waals surface area contributed by atoms with Crippen molar-refractivity contribution < 1.29 is 19.5 Å². The number of aryl methyl sites for hydroxylation is 1. The Labute approximate surface area is 164 Å². The number of carboxylic acids is 1. The maximum Gasteiger partial charge on any atom is 0.231 e. The van der Waals surface area contributed by atoms with E-state index in [2.05, 4.69) is 15.5 Å². The number of amides is 2. The summed E-state index contributed by atoms with van der Waals surface area (Å²) in [6.45, 7) is 3.74. The topological polar surface area (TPSA) is 115 Å². The molecular weight excluding hydrogens is 388 g/mol. The number of nitrogens with one attached hydrogen (secondary N) is 1. The van der Waals surface area contributed by atoms with Crippen molar-refractivity contribution in [2.24, 2.45) is 5.92 Å². The van der Waals surface area contributed by atoms with Crippen LogP contribution < -0.4 is 15.3 Å². The van der Waals surface area contributed by atoms with Crippen LogP contribution in [-0.4, -0.2) is 39.8 Å². The molecule has 10 heteroatoms. The van der Waals surface area contributed by atoms with E-state index < -0.39 is 17.1 Å². The van der Waals surface area contributed by atoms with Gasteiger partial charge in [-0.15, -0.1) is 10.2 Å². The van der Waals surface area contributed by atoms with Crippen molar-refractivity contribution in [1.82, 2.24) is 10.2 Å². The minimum absolute atomic E-state index is 0.1000. The van der Waals surface area contributed by atoms with Gasteiger partial charge in [0, 0.05) is 23.9 Å². The van der Waals surface area contributed by atoms with Gasteiger partial charge in [0.1, 0.15) is 0 Å². The molecule has 8 nitrogen and oxygen atoms in total. The first-order valence-electron chi connectivity index (χ1n) is 8.22. The maximum absolute atomic E-state index is 12.5. The normalized spacial score (nSPS) is 17.8. The zero-order chi connectivity index (χ0) is 19.6. The number of rotatable bonds is 6. The average Bonchev–Trinajstić information content (AvgIpc) is 3.21. The highest BCUT2D eigenvalue weighted by molar-refractivity contribution is 8.02. The molecule has 0 aliphatic carbocycles. The Morgan fingerprint density at radius 2 is 2.19 bits per heavy atom. The van der Waals surface area contributed by atoms with Crippen molar-refractivity contribution in [3.8, 4) is 0 Å². The minimum Gasteiger partial charge on any atom is -0.549 e. The molecule has 1 saturated heterocycles. The summed E-state index contributed by atoms with van der Waals surface area (Å²) >= 11 is 2.09. The first-order chi connectivity index (χ1) is 12.8. The molecule has 0 spiro atoms. The standard InChI is InChI=1S/C17H18N4O4S2/c1-9-4-3-5-12(6-9)21-8-11(7-13(21)22)14(23)18-16-19-20-17(27-16)26-10(2)15(24)25/h3-6,10-11H,7-8H2,1-2H3,(H,24,25)(H,18,19,23)/p-1/t10-,11-/m1/s1. The lowest BCUT2D eigenvalue weighted by molar-refractivity contribution is -0.304. The third-order valence-corrected chi connectivity index (χ3v) is 6.06. The molecule has 27 heavy (non-hydrogen) atoms. The largest absolute Gasteiger partial charge is 0.549 e. The zero-order valence-corrected chi connectivity index (χ0v) is 16.3. The molecular formula is C17H17N4O4S2-. The Morgan fingerprint density at radius 3 is 2.89 bits per heavy atom. The Hall–Kier alpha value is -2.46. The van der Waals surface area contributed by atoms with Crippen LogP contribution in [0, 0.1) is 12.8 Å². The summed E-state index contributed by atoms with van der Waals surface area (Å²) < 4.78 is 0.422. The highest BCUT2D eigenvalue weighted by Gasteiger charge is 2.35. The summed E-state index contributed by atoms with van der Waals surface area (Å²) in [4.78, 5) is 37.2. The molecule has 1 aromatic heterocycles. The van der Waals surface area contributed by atoms with E-state index in [1.807, 2.05) is 31.2 Å². The van der Waals surface area contributed by atoms with Crippen molar-refractivity contribution in [3.05, 3.63) is 29.8 Å². The van der Waals surface area contributed by atoms with Crippen molar-refractivity contribution in [2.45, 2.75) is 29.9 Å². The molecule has 1 fully saturated rings. The fourth-order valence-electron chi connectivity index (χ4n) is 2.64. The summed E-state index contributed by atoms with van der Waals surface area (Å²) in [5.41, 5.74) is 1.82. The van der Waals surface area contributed by atoms with E-state index in [1.165, 1.54) is 6.92 Å².